The highest BCUT2D eigenvalue weighted by atomic mass is 32.3. The number of non-ortho nitro benzene ring substituents is 1. The predicted molar refractivity (Wildman–Crippen MR) is 43.3 cm³/mol. The first-order chi connectivity index (χ1) is 6.48. The molecule has 0 saturated heterocycles. The summed E-state index contributed by atoms with van der Waals surface area (Å²) in [6.07, 6.45) is 0. The number of rotatable bonds is 1. The van der Waals surface area contributed by atoms with E-state index in [0.717, 1.165) is 18.2 Å². The molecule has 0 radical (unpaired) electrons. The van der Waals surface area contributed by atoms with Crippen LogP contribution >= 0.6 is 0 Å². The molecule has 0 bridgehead atoms. The Kier molecular flexibility index (Phi) is 1.61. The van der Waals surface area contributed by atoms with Crippen LogP contribution in [0.3, 0.4) is 0 Å². The molecule has 0 amide bonds. The fourth-order valence-electron chi connectivity index (χ4n) is 0.981. The topological polar surface area (TPSA) is 95.7 Å². The van der Waals surface area contributed by atoms with Gasteiger partial charge in [-0.05, 0) is 6.07 Å². The average molecular weight is 217 g/mol. The maximum atomic E-state index is 10.8. The quantitative estimate of drug-likeness (QED) is 0.505. The molecule has 0 atom stereocenters. The first-order valence-electron chi connectivity index (χ1n) is 3.40. The molecule has 0 aliphatic carbocycles. The van der Waals surface area contributed by atoms with Gasteiger partial charge in [0.25, 0.3) is 5.69 Å². The Morgan fingerprint density at radius 2 is 1.86 bits per heavy atom. The van der Waals surface area contributed by atoms with E-state index in [0.29, 0.717) is 0 Å². The van der Waals surface area contributed by atoms with Crippen LogP contribution in [0.5, 0.6) is 11.5 Å². The lowest BCUT2D eigenvalue weighted by Gasteiger charge is -1.91. The molecule has 0 N–H and O–H groups in total. The van der Waals surface area contributed by atoms with Crippen LogP contribution < -0.4 is 8.37 Å². The van der Waals surface area contributed by atoms with Gasteiger partial charge in [-0.15, -0.1) is 8.42 Å². The van der Waals surface area contributed by atoms with Crippen molar-refractivity contribution >= 4 is 16.1 Å². The largest absolute Gasteiger partial charge is 0.501 e. The average Bonchev–Trinajstić information content (AvgIpc) is 2.36. The maximum absolute atomic E-state index is 10.8. The fraction of sp³-hybridized carbons (Fsp3) is 0. The second-order valence-corrected chi connectivity index (χ2v) is 3.61. The Labute approximate surface area is 78.3 Å². The van der Waals surface area contributed by atoms with Crippen molar-refractivity contribution in [3.05, 3.63) is 28.3 Å². The van der Waals surface area contributed by atoms with Crippen LogP contribution in [-0.2, 0) is 10.4 Å². The van der Waals surface area contributed by atoms with Crippen LogP contribution in [0.2, 0.25) is 0 Å². The van der Waals surface area contributed by atoms with Crippen molar-refractivity contribution in [2.75, 3.05) is 0 Å². The molecule has 2 rings (SSSR count). The van der Waals surface area contributed by atoms with Gasteiger partial charge in [-0.1, -0.05) is 0 Å². The highest BCUT2D eigenvalue weighted by Gasteiger charge is 2.29. The van der Waals surface area contributed by atoms with Gasteiger partial charge in [0.1, 0.15) is 0 Å². The van der Waals surface area contributed by atoms with Gasteiger partial charge in [-0.3, -0.25) is 10.1 Å². The van der Waals surface area contributed by atoms with Gasteiger partial charge in [0.2, 0.25) is 0 Å². The second-order valence-electron chi connectivity index (χ2n) is 2.46. The Morgan fingerprint density at radius 1 is 1.21 bits per heavy atom. The van der Waals surface area contributed by atoms with E-state index in [2.05, 4.69) is 8.37 Å². The first kappa shape index (κ1) is 8.75. The number of hydrogen-bond donors (Lipinski definition) is 0. The van der Waals surface area contributed by atoms with Gasteiger partial charge in [0.15, 0.2) is 11.5 Å². The second kappa shape index (κ2) is 2.58. The number of hydrogen-bond acceptors (Lipinski definition) is 6. The van der Waals surface area contributed by atoms with Crippen LogP contribution in [0.4, 0.5) is 5.69 Å². The van der Waals surface area contributed by atoms with E-state index in [1.54, 1.807) is 0 Å². The van der Waals surface area contributed by atoms with Gasteiger partial charge < -0.3 is 8.37 Å². The molecule has 74 valence electrons. The van der Waals surface area contributed by atoms with Gasteiger partial charge in [0, 0.05) is 6.07 Å². The monoisotopic (exact) mass is 217 g/mol. The summed E-state index contributed by atoms with van der Waals surface area (Å²) in [6, 6.07) is 3.28. The molecule has 8 heteroatoms. The summed E-state index contributed by atoms with van der Waals surface area (Å²) < 4.78 is 30.2. The number of fused-ring (bicyclic) bond motifs is 1. The Balaban J connectivity index is 2.50. The van der Waals surface area contributed by atoms with Crippen LogP contribution in [-0.4, -0.2) is 13.3 Å². The van der Waals surface area contributed by atoms with Crippen LogP contribution in [0.15, 0.2) is 18.2 Å². The molecule has 1 heterocycles. The number of nitro benzene ring substituents is 1. The van der Waals surface area contributed by atoms with Crippen molar-refractivity contribution in [3.8, 4) is 11.5 Å². The number of nitro groups is 1. The maximum Gasteiger partial charge on any atom is 0.501 e. The third-order valence-corrected chi connectivity index (χ3v) is 2.29. The van der Waals surface area contributed by atoms with Crippen molar-refractivity contribution in [1.29, 1.82) is 0 Å². The molecule has 1 aromatic carbocycles. The highest BCUT2D eigenvalue weighted by molar-refractivity contribution is 7.82. The summed E-state index contributed by atoms with van der Waals surface area (Å²) in [5, 5.41) is 10.3. The van der Waals surface area contributed by atoms with E-state index in [-0.39, 0.29) is 17.2 Å². The minimum Gasteiger partial charge on any atom is -0.349 e. The summed E-state index contributed by atoms with van der Waals surface area (Å²) in [6.45, 7) is 0. The smallest absolute Gasteiger partial charge is 0.349 e. The van der Waals surface area contributed by atoms with Crippen molar-refractivity contribution in [1.82, 2.24) is 0 Å². The van der Waals surface area contributed by atoms with E-state index in [4.69, 9.17) is 0 Å². The predicted octanol–water partition coefficient (Wildman–Crippen LogP) is 0.611. The zero-order chi connectivity index (χ0) is 10.3. The molecule has 0 aromatic heterocycles. The van der Waals surface area contributed by atoms with E-state index < -0.39 is 15.3 Å². The Morgan fingerprint density at radius 3 is 2.50 bits per heavy atom. The van der Waals surface area contributed by atoms with Crippen molar-refractivity contribution in [2.24, 2.45) is 0 Å². The molecule has 1 aromatic rings. The van der Waals surface area contributed by atoms with Gasteiger partial charge in [-0.25, -0.2) is 0 Å². The Hall–Kier alpha value is -1.83. The molecule has 0 unspecified atom stereocenters. The standard InChI is InChI=1S/C6H3NO6S/c8-7(9)4-1-2-5-6(3-4)13-14(10,11)12-5/h1-3H. The Bertz CT molecular complexity index is 507. The number of nitrogens with zero attached hydrogens (tertiary/aromatic N) is 1. The summed E-state index contributed by atoms with van der Waals surface area (Å²) in [7, 11) is -4.07. The van der Waals surface area contributed by atoms with Crippen molar-refractivity contribution in [3.63, 3.8) is 0 Å². The fourth-order valence-corrected chi connectivity index (χ4v) is 1.72. The minimum atomic E-state index is -4.07. The molecule has 1 aliphatic heterocycles. The molecule has 1 aliphatic rings. The molecule has 0 fully saturated rings. The van der Waals surface area contributed by atoms with Crippen LogP contribution in [0.25, 0.3) is 0 Å². The molecule has 0 spiro atoms. The van der Waals surface area contributed by atoms with E-state index >= 15 is 0 Å². The first-order valence-corrected chi connectivity index (χ1v) is 4.74. The van der Waals surface area contributed by atoms with Crippen LogP contribution in [0, 0.1) is 10.1 Å². The highest BCUT2D eigenvalue weighted by Crippen LogP contribution is 2.37. The van der Waals surface area contributed by atoms with Crippen molar-refractivity contribution < 1.29 is 21.7 Å². The molecular weight excluding hydrogens is 214 g/mol. The number of benzene rings is 1. The zero-order valence-corrected chi connectivity index (χ0v) is 7.35. The lowest BCUT2D eigenvalue weighted by atomic mass is 10.3. The SMILES string of the molecule is O=[N+]([O-])c1ccc2c(c1)OS(=O)(=O)O2. The third-order valence-electron chi connectivity index (χ3n) is 1.52. The van der Waals surface area contributed by atoms with Crippen molar-refractivity contribution in [2.45, 2.75) is 0 Å². The van der Waals surface area contributed by atoms with E-state index in [1.807, 2.05) is 0 Å². The van der Waals surface area contributed by atoms with Gasteiger partial charge >= 0.3 is 10.4 Å². The zero-order valence-electron chi connectivity index (χ0n) is 6.54. The molecule has 0 saturated carbocycles. The summed E-state index contributed by atoms with van der Waals surface area (Å²) >= 11 is 0. The summed E-state index contributed by atoms with van der Waals surface area (Å²) in [5.41, 5.74) is -0.260. The van der Waals surface area contributed by atoms with Crippen LogP contribution in [0.1, 0.15) is 0 Å². The molecular formula is C6H3NO6S. The van der Waals surface area contributed by atoms with E-state index in [1.165, 1.54) is 0 Å². The van der Waals surface area contributed by atoms with E-state index in [9.17, 15) is 18.5 Å². The molecule has 14 heavy (non-hydrogen) atoms. The lowest BCUT2D eigenvalue weighted by Crippen LogP contribution is -2.07. The minimum absolute atomic E-state index is 0.0457. The normalized spacial score (nSPS) is 16.6. The summed E-state index contributed by atoms with van der Waals surface area (Å²) in [5.74, 6) is -0.213. The van der Waals surface area contributed by atoms with Gasteiger partial charge in [-0.2, -0.15) is 0 Å². The third kappa shape index (κ3) is 1.35. The molecule has 7 nitrogen and oxygen atoms in total. The lowest BCUT2D eigenvalue weighted by molar-refractivity contribution is -0.384. The van der Waals surface area contributed by atoms with Gasteiger partial charge in [0.05, 0.1) is 11.0 Å². The summed E-state index contributed by atoms with van der Waals surface area (Å²) in [4.78, 5) is 9.66.